The van der Waals surface area contributed by atoms with Gasteiger partial charge in [-0.3, -0.25) is 0 Å². The molecule has 0 fully saturated rings. The molecule has 1 unspecified atom stereocenters. The van der Waals surface area contributed by atoms with Crippen LogP contribution in [0.25, 0.3) is 10.9 Å². The van der Waals surface area contributed by atoms with Crippen LogP contribution in [0, 0.1) is 0 Å². The van der Waals surface area contributed by atoms with Crippen molar-refractivity contribution in [3.05, 3.63) is 65.5 Å². The largest absolute Gasteiger partial charge is 0.363 e. The summed E-state index contributed by atoms with van der Waals surface area (Å²) in [6.45, 7) is 0. The number of hydrogen-bond acceptors (Lipinski definition) is 3. The monoisotopic (exact) mass is 325 g/mol. The number of nitrogens with one attached hydrogen (secondary N) is 1. The van der Waals surface area contributed by atoms with Gasteiger partial charge in [-0.2, -0.15) is 0 Å². The zero-order chi connectivity index (χ0) is 16.5. The number of alkyl halides is 2. The minimum Gasteiger partial charge on any atom is -0.363 e. The second-order valence-electron chi connectivity index (χ2n) is 6.04. The van der Waals surface area contributed by atoms with Crippen molar-refractivity contribution in [2.24, 2.45) is 0 Å². The lowest BCUT2D eigenvalue weighted by Crippen LogP contribution is -2.18. The van der Waals surface area contributed by atoms with E-state index in [2.05, 4.69) is 27.4 Å². The molecule has 1 aromatic heterocycles. The normalized spacial score (nSPS) is 17.0. The van der Waals surface area contributed by atoms with Gasteiger partial charge < -0.3 is 5.32 Å². The second kappa shape index (κ2) is 6.15. The number of aromatic nitrogens is 2. The lowest BCUT2D eigenvalue weighted by atomic mass is 9.88. The van der Waals surface area contributed by atoms with Gasteiger partial charge in [0.15, 0.2) is 5.82 Å². The van der Waals surface area contributed by atoms with Gasteiger partial charge in [-0.1, -0.05) is 36.4 Å². The third-order valence-corrected chi connectivity index (χ3v) is 4.50. The fraction of sp³-hybridized carbons (Fsp3) is 0.263. The van der Waals surface area contributed by atoms with Crippen molar-refractivity contribution in [2.45, 2.75) is 31.7 Å². The molecule has 3 nitrogen and oxygen atoms in total. The van der Waals surface area contributed by atoms with Crippen LogP contribution >= 0.6 is 0 Å². The summed E-state index contributed by atoms with van der Waals surface area (Å²) in [6, 6.07) is 15.6. The van der Waals surface area contributed by atoms with Gasteiger partial charge in [-0.15, -0.1) is 0 Å². The van der Waals surface area contributed by atoms with E-state index in [1.54, 1.807) is 12.1 Å². The van der Waals surface area contributed by atoms with Crippen molar-refractivity contribution in [1.82, 2.24) is 9.97 Å². The second-order valence-corrected chi connectivity index (χ2v) is 6.04. The van der Waals surface area contributed by atoms with Crippen LogP contribution < -0.4 is 5.32 Å². The number of aryl methyl sites for hydroxylation is 1. The topological polar surface area (TPSA) is 37.8 Å². The Balaban J connectivity index is 1.77. The molecule has 4 rings (SSSR count). The molecule has 24 heavy (non-hydrogen) atoms. The molecule has 5 heteroatoms. The predicted molar refractivity (Wildman–Crippen MR) is 90.2 cm³/mol. The average Bonchev–Trinajstić information content (AvgIpc) is 2.62. The lowest BCUT2D eigenvalue weighted by molar-refractivity contribution is 0.141. The minimum absolute atomic E-state index is 0.0822. The number of para-hydroxylation sites is 1. The van der Waals surface area contributed by atoms with Gasteiger partial charge in [0.05, 0.1) is 11.6 Å². The van der Waals surface area contributed by atoms with Crippen LogP contribution in [-0.4, -0.2) is 9.97 Å². The van der Waals surface area contributed by atoms with E-state index in [1.165, 1.54) is 11.1 Å². The first-order valence-corrected chi connectivity index (χ1v) is 8.11. The molecule has 0 radical (unpaired) electrons. The quantitative estimate of drug-likeness (QED) is 0.731. The predicted octanol–water partition coefficient (Wildman–Crippen LogP) is 5.06. The molecule has 0 bridgehead atoms. The number of rotatable bonds is 3. The van der Waals surface area contributed by atoms with Crippen LogP contribution in [-0.2, 0) is 6.42 Å². The van der Waals surface area contributed by atoms with Gasteiger partial charge in [-0.25, -0.2) is 18.7 Å². The van der Waals surface area contributed by atoms with Gasteiger partial charge in [-0.05, 0) is 42.5 Å². The Morgan fingerprint density at radius 1 is 1.00 bits per heavy atom. The van der Waals surface area contributed by atoms with E-state index in [0.717, 1.165) is 24.6 Å². The number of halogens is 2. The first-order chi connectivity index (χ1) is 11.7. The maximum Gasteiger partial charge on any atom is 0.297 e. The van der Waals surface area contributed by atoms with Crippen LogP contribution in [0.15, 0.2) is 48.5 Å². The Morgan fingerprint density at radius 2 is 1.79 bits per heavy atom. The molecule has 0 spiro atoms. The maximum absolute atomic E-state index is 13.1. The summed E-state index contributed by atoms with van der Waals surface area (Å²) in [7, 11) is 0. The summed E-state index contributed by atoms with van der Waals surface area (Å²) >= 11 is 0. The van der Waals surface area contributed by atoms with Crippen molar-refractivity contribution < 1.29 is 8.78 Å². The van der Waals surface area contributed by atoms with Crippen LogP contribution in [0.2, 0.25) is 0 Å². The number of anilines is 1. The van der Waals surface area contributed by atoms with E-state index in [9.17, 15) is 8.78 Å². The number of benzene rings is 2. The summed E-state index contributed by atoms with van der Waals surface area (Å²) in [6.07, 6.45) is 0.397. The number of hydrogen-bond donors (Lipinski definition) is 1. The molecular weight excluding hydrogens is 308 g/mol. The summed E-state index contributed by atoms with van der Waals surface area (Å²) in [5.41, 5.74) is 3.08. The van der Waals surface area contributed by atoms with E-state index in [4.69, 9.17) is 0 Å². The molecule has 1 atom stereocenters. The summed E-state index contributed by atoms with van der Waals surface area (Å²) < 4.78 is 26.3. The SMILES string of the molecule is FC(F)c1nc(NC2CCCc3ccccc32)c2ccccc2n1. The standard InChI is InChI=1S/C19H17F2N3/c20-17(21)19-23-16-10-4-3-9-14(16)18(24-19)22-15-11-5-7-12-6-1-2-8-13(12)15/h1-4,6,8-10,15,17H,5,7,11H2,(H,22,23,24). The Kier molecular flexibility index (Phi) is 3.84. The molecule has 1 aliphatic rings. The van der Waals surface area contributed by atoms with Gasteiger partial charge in [0, 0.05) is 5.39 Å². The Bertz CT molecular complexity index is 879. The molecule has 1 N–H and O–H groups in total. The Labute approximate surface area is 138 Å². The average molecular weight is 325 g/mol. The molecule has 3 aromatic rings. The van der Waals surface area contributed by atoms with E-state index in [0.29, 0.717) is 11.3 Å². The highest BCUT2D eigenvalue weighted by Gasteiger charge is 2.22. The van der Waals surface area contributed by atoms with Gasteiger partial charge >= 0.3 is 0 Å². The van der Waals surface area contributed by atoms with Crippen molar-refractivity contribution in [3.63, 3.8) is 0 Å². The Hall–Kier alpha value is -2.56. The highest BCUT2D eigenvalue weighted by molar-refractivity contribution is 5.89. The molecular formula is C19H17F2N3. The molecule has 0 saturated carbocycles. The first kappa shape index (κ1) is 15.0. The highest BCUT2D eigenvalue weighted by atomic mass is 19.3. The van der Waals surface area contributed by atoms with Crippen molar-refractivity contribution in [2.75, 3.05) is 5.32 Å². The van der Waals surface area contributed by atoms with Crippen molar-refractivity contribution in [1.29, 1.82) is 0 Å². The molecule has 1 heterocycles. The maximum atomic E-state index is 13.1. The van der Waals surface area contributed by atoms with Crippen molar-refractivity contribution >= 4 is 16.7 Å². The fourth-order valence-corrected chi connectivity index (χ4v) is 3.37. The molecule has 0 saturated heterocycles. The van der Waals surface area contributed by atoms with Gasteiger partial charge in [0.25, 0.3) is 6.43 Å². The lowest BCUT2D eigenvalue weighted by Gasteiger charge is -2.27. The van der Waals surface area contributed by atoms with Crippen LogP contribution in [0.3, 0.4) is 0 Å². The van der Waals surface area contributed by atoms with Crippen LogP contribution in [0.1, 0.15) is 42.3 Å². The summed E-state index contributed by atoms with van der Waals surface area (Å²) in [5, 5.41) is 4.16. The van der Waals surface area contributed by atoms with Gasteiger partial charge in [0.2, 0.25) is 0 Å². The smallest absolute Gasteiger partial charge is 0.297 e. The van der Waals surface area contributed by atoms with E-state index in [1.807, 2.05) is 24.3 Å². The third-order valence-electron chi connectivity index (χ3n) is 4.50. The molecule has 0 aliphatic heterocycles. The highest BCUT2D eigenvalue weighted by Crippen LogP contribution is 2.34. The van der Waals surface area contributed by atoms with Crippen LogP contribution in [0.4, 0.5) is 14.6 Å². The summed E-state index contributed by atoms with van der Waals surface area (Å²) in [4.78, 5) is 8.07. The summed E-state index contributed by atoms with van der Waals surface area (Å²) in [5.74, 6) is 0.0536. The molecule has 122 valence electrons. The van der Waals surface area contributed by atoms with Gasteiger partial charge in [0.1, 0.15) is 5.82 Å². The zero-order valence-electron chi connectivity index (χ0n) is 13.0. The molecule has 1 aliphatic carbocycles. The van der Waals surface area contributed by atoms with E-state index < -0.39 is 12.2 Å². The number of nitrogens with zero attached hydrogens (tertiary/aromatic N) is 2. The van der Waals surface area contributed by atoms with Crippen molar-refractivity contribution in [3.8, 4) is 0 Å². The van der Waals surface area contributed by atoms with Crippen LogP contribution in [0.5, 0.6) is 0 Å². The minimum atomic E-state index is -2.69. The zero-order valence-corrected chi connectivity index (χ0v) is 13.0. The Morgan fingerprint density at radius 3 is 2.67 bits per heavy atom. The van der Waals surface area contributed by atoms with E-state index in [-0.39, 0.29) is 6.04 Å². The molecule has 0 amide bonds. The molecule has 2 aromatic carbocycles. The number of fused-ring (bicyclic) bond motifs is 2. The van der Waals surface area contributed by atoms with E-state index >= 15 is 0 Å². The fourth-order valence-electron chi connectivity index (χ4n) is 3.37. The third kappa shape index (κ3) is 2.70. The first-order valence-electron chi connectivity index (χ1n) is 8.11.